The third-order valence-electron chi connectivity index (χ3n) is 4.92. The third kappa shape index (κ3) is 4.48. The molecular weight excluding hydrogens is 340 g/mol. The van der Waals surface area contributed by atoms with Gasteiger partial charge < -0.3 is 14.5 Å². The van der Waals surface area contributed by atoms with Gasteiger partial charge in [0.2, 0.25) is 0 Å². The first kappa shape index (κ1) is 19.0. The van der Waals surface area contributed by atoms with Gasteiger partial charge in [-0.15, -0.1) is 0 Å². The van der Waals surface area contributed by atoms with E-state index in [0.29, 0.717) is 31.9 Å². The summed E-state index contributed by atoms with van der Waals surface area (Å²) in [5.41, 5.74) is 3.96. The molecule has 5 nitrogen and oxygen atoms in total. The molecule has 142 valence electrons. The molecule has 0 saturated carbocycles. The van der Waals surface area contributed by atoms with Crippen LogP contribution in [0.15, 0.2) is 42.5 Å². The van der Waals surface area contributed by atoms with E-state index in [1.165, 1.54) is 0 Å². The zero-order chi connectivity index (χ0) is 19.4. The van der Waals surface area contributed by atoms with Gasteiger partial charge in [0.15, 0.2) is 6.61 Å². The summed E-state index contributed by atoms with van der Waals surface area (Å²) in [5.74, 6) is 0.691. The molecule has 0 unspecified atom stereocenters. The van der Waals surface area contributed by atoms with Crippen LogP contribution in [0.2, 0.25) is 0 Å². The Labute approximate surface area is 160 Å². The summed E-state index contributed by atoms with van der Waals surface area (Å²) < 4.78 is 5.54. The standard InChI is InChI=1S/C22H26N2O3/c1-16-13-17(2)21(18(3)14-16)22(26)24-11-9-23(10-12-24)20(25)15-27-19-7-5-4-6-8-19/h4-8,13-14H,9-12,15H2,1-3H3. The van der Waals surface area contributed by atoms with E-state index in [9.17, 15) is 9.59 Å². The van der Waals surface area contributed by atoms with Gasteiger partial charge >= 0.3 is 0 Å². The molecule has 1 aliphatic heterocycles. The third-order valence-corrected chi connectivity index (χ3v) is 4.92. The lowest BCUT2D eigenvalue weighted by atomic mass is 9.98. The molecule has 0 radical (unpaired) electrons. The number of nitrogens with zero attached hydrogens (tertiary/aromatic N) is 2. The van der Waals surface area contributed by atoms with Crippen molar-refractivity contribution in [1.29, 1.82) is 0 Å². The van der Waals surface area contributed by atoms with Crippen LogP contribution in [0.3, 0.4) is 0 Å². The lowest BCUT2D eigenvalue weighted by Gasteiger charge is -2.35. The highest BCUT2D eigenvalue weighted by atomic mass is 16.5. The number of hydrogen-bond donors (Lipinski definition) is 0. The topological polar surface area (TPSA) is 49.9 Å². The molecule has 1 aliphatic rings. The van der Waals surface area contributed by atoms with Crippen molar-refractivity contribution in [3.63, 3.8) is 0 Å². The Bertz CT molecular complexity index is 802. The molecule has 0 aliphatic carbocycles. The van der Waals surface area contributed by atoms with E-state index >= 15 is 0 Å². The van der Waals surface area contributed by atoms with E-state index in [0.717, 1.165) is 22.3 Å². The summed E-state index contributed by atoms with van der Waals surface area (Å²) in [6.07, 6.45) is 0. The molecule has 27 heavy (non-hydrogen) atoms. The summed E-state index contributed by atoms with van der Waals surface area (Å²) in [5, 5.41) is 0. The Morgan fingerprint density at radius 2 is 1.44 bits per heavy atom. The highest BCUT2D eigenvalue weighted by molar-refractivity contribution is 5.97. The molecule has 2 aromatic carbocycles. The van der Waals surface area contributed by atoms with Crippen LogP contribution in [0.4, 0.5) is 0 Å². The minimum atomic E-state index is -0.0475. The molecule has 1 heterocycles. The van der Waals surface area contributed by atoms with Gasteiger partial charge in [-0.05, 0) is 44.0 Å². The van der Waals surface area contributed by atoms with Gasteiger partial charge in [-0.3, -0.25) is 9.59 Å². The maximum Gasteiger partial charge on any atom is 0.260 e. The summed E-state index contributed by atoms with van der Waals surface area (Å²) in [6, 6.07) is 13.4. The summed E-state index contributed by atoms with van der Waals surface area (Å²) in [6.45, 7) is 8.18. The van der Waals surface area contributed by atoms with Crippen LogP contribution in [0.1, 0.15) is 27.0 Å². The van der Waals surface area contributed by atoms with Gasteiger partial charge in [0.05, 0.1) is 0 Å². The fourth-order valence-corrected chi connectivity index (χ4v) is 3.59. The number of rotatable bonds is 4. The van der Waals surface area contributed by atoms with E-state index in [4.69, 9.17) is 4.74 Å². The lowest BCUT2D eigenvalue weighted by Crippen LogP contribution is -2.51. The number of hydrogen-bond acceptors (Lipinski definition) is 3. The number of carbonyl (C=O) groups is 2. The van der Waals surface area contributed by atoms with Crippen molar-refractivity contribution >= 4 is 11.8 Å². The second kappa shape index (κ2) is 8.25. The fourth-order valence-electron chi connectivity index (χ4n) is 3.59. The predicted molar refractivity (Wildman–Crippen MR) is 105 cm³/mol. The van der Waals surface area contributed by atoms with E-state index in [1.54, 1.807) is 4.90 Å². The van der Waals surface area contributed by atoms with Crippen LogP contribution in [0, 0.1) is 20.8 Å². The largest absolute Gasteiger partial charge is 0.484 e. The highest BCUT2D eigenvalue weighted by Gasteiger charge is 2.26. The summed E-state index contributed by atoms with van der Waals surface area (Å²) >= 11 is 0. The Hall–Kier alpha value is -2.82. The lowest BCUT2D eigenvalue weighted by molar-refractivity contribution is -0.134. The molecule has 0 atom stereocenters. The smallest absolute Gasteiger partial charge is 0.260 e. The number of carbonyl (C=O) groups excluding carboxylic acids is 2. The first-order valence-corrected chi connectivity index (χ1v) is 9.28. The molecule has 1 fully saturated rings. The number of ether oxygens (including phenoxy) is 1. The van der Waals surface area contributed by atoms with Crippen LogP contribution >= 0.6 is 0 Å². The van der Waals surface area contributed by atoms with Crippen LogP contribution in [-0.4, -0.2) is 54.4 Å². The molecule has 3 rings (SSSR count). The number of para-hydroxylation sites is 1. The summed E-state index contributed by atoms with van der Waals surface area (Å²) in [7, 11) is 0. The molecule has 2 amide bonds. The zero-order valence-corrected chi connectivity index (χ0v) is 16.2. The van der Waals surface area contributed by atoms with Gasteiger partial charge in [-0.2, -0.15) is 0 Å². The molecule has 0 spiro atoms. The van der Waals surface area contributed by atoms with Crippen molar-refractivity contribution in [2.75, 3.05) is 32.8 Å². The maximum absolute atomic E-state index is 12.9. The molecule has 1 saturated heterocycles. The molecular formula is C22H26N2O3. The first-order valence-electron chi connectivity index (χ1n) is 9.28. The van der Waals surface area contributed by atoms with Crippen LogP contribution in [0.5, 0.6) is 5.75 Å². The molecule has 5 heteroatoms. The first-order chi connectivity index (χ1) is 13.0. The number of benzene rings is 2. The SMILES string of the molecule is Cc1cc(C)c(C(=O)N2CCN(C(=O)COc3ccccc3)CC2)c(C)c1. The minimum Gasteiger partial charge on any atom is -0.484 e. The molecule has 0 N–H and O–H groups in total. The fraction of sp³-hybridized carbons (Fsp3) is 0.364. The summed E-state index contributed by atoms with van der Waals surface area (Å²) in [4.78, 5) is 28.9. The van der Waals surface area contributed by atoms with Crippen molar-refractivity contribution in [3.8, 4) is 5.75 Å². The Morgan fingerprint density at radius 1 is 0.889 bits per heavy atom. The van der Waals surface area contributed by atoms with Crippen molar-refractivity contribution in [2.45, 2.75) is 20.8 Å². The van der Waals surface area contributed by atoms with Gasteiger partial charge in [0, 0.05) is 31.7 Å². The van der Waals surface area contributed by atoms with Crippen molar-refractivity contribution in [3.05, 3.63) is 64.7 Å². The van der Waals surface area contributed by atoms with Crippen molar-refractivity contribution in [2.24, 2.45) is 0 Å². The van der Waals surface area contributed by atoms with Crippen LogP contribution in [-0.2, 0) is 4.79 Å². The monoisotopic (exact) mass is 366 g/mol. The van der Waals surface area contributed by atoms with Crippen LogP contribution in [0.25, 0.3) is 0 Å². The number of aryl methyl sites for hydroxylation is 3. The number of piperazine rings is 1. The van der Waals surface area contributed by atoms with E-state index in [1.807, 2.05) is 68.1 Å². The molecule has 0 bridgehead atoms. The van der Waals surface area contributed by atoms with Gasteiger partial charge in [0.25, 0.3) is 11.8 Å². The molecule has 0 aromatic heterocycles. The Balaban J connectivity index is 1.55. The van der Waals surface area contributed by atoms with Crippen molar-refractivity contribution < 1.29 is 14.3 Å². The van der Waals surface area contributed by atoms with E-state index in [2.05, 4.69) is 0 Å². The Kier molecular flexibility index (Phi) is 5.79. The van der Waals surface area contributed by atoms with E-state index in [-0.39, 0.29) is 18.4 Å². The normalized spacial score (nSPS) is 14.2. The predicted octanol–water partition coefficient (Wildman–Crippen LogP) is 2.98. The minimum absolute atomic E-state index is 0.0220. The number of amides is 2. The van der Waals surface area contributed by atoms with E-state index < -0.39 is 0 Å². The maximum atomic E-state index is 12.9. The van der Waals surface area contributed by atoms with Gasteiger partial charge in [0.1, 0.15) is 5.75 Å². The quantitative estimate of drug-likeness (QED) is 0.836. The Morgan fingerprint density at radius 3 is 2.04 bits per heavy atom. The second-order valence-electron chi connectivity index (χ2n) is 7.05. The van der Waals surface area contributed by atoms with Crippen LogP contribution < -0.4 is 4.74 Å². The second-order valence-corrected chi connectivity index (χ2v) is 7.05. The highest BCUT2D eigenvalue weighted by Crippen LogP contribution is 2.19. The average molecular weight is 366 g/mol. The molecule has 2 aromatic rings. The van der Waals surface area contributed by atoms with Gasteiger partial charge in [-0.25, -0.2) is 0 Å². The average Bonchev–Trinajstić information content (AvgIpc) is 2.66. The van der Waals surface area contributed by atoms with Gasteiger partial charge in [-0.1, -0.05) is 35.9 Å². The zero-order valence-electron chi connectivity index (χ0n) is 16.2. The van der Waals surface area contributed by atoms with Crippen molar-refractivity contribution in [1.82, 2.24) is 9.80 Å².